The predicted molar refractivity (Wildman–Crippen MR) is 149 cm³/mol. The van der Waals surface area contributed by atoms with Gasteiger partial charge in [-0.2, -0.15) is 10.2 Å². The summed E-state index contributed by atoms with van der Waals surface area (Å²) in [4.78, 5) is 3.94. The molecule has 185 valence electrons. The van der Waals surface area contributed by atoms with Crippen LogP contribution in [0.3, 0.4) is 0 Å². The third-order valence-corrected chi connectivity index (χ3v) is 6.14. The van der Waals surface area contributed by atoms with Gasteiger partial charge in [-0.15, -0.1) is 10.2 Å². The van der Waals surface area contributed by atoms with Gasteiger partial charge in [0, 0.05) is 52.1 Å². The summed E-state index contributed by atoms with van der Waals surface area (Å²) in [6.45, 7) is 11.2. The van der Waals surface area contributed by atoms with Crippen LogP contribution in [0.2, 0.25) is 0 Å². The minimum Gasteiger partial charge on any atom is -0.741 e. The molecule has 0 aliphatic heterocycles. The Morgan fingerprint density at radius 3 is 1.41 bits per heavy atom. The molecule has 0 bridgehead atoms. The monoisotopic (exact) mass is 607 g/mol. The minimum absolute atomic E-state index is 0. The molecule has 0 amide bonds. The zero-order valence-corrected chi connectivity index (χ0v) is 23.9. The van der Waals surface area contributed by atoms with Crippen LogP contribution in [-0.2, 0) is 42.3 Å². The number of benzene rings is 2. The summed E-state index contributed by atoms with van der Waals surface area (Å²) in [6, 6.07) is 17.6. The van der Waals surface area contributed by atoms with E-state index in [2.05, 4.69) is 36.3 Å². The Hall–Kier alpha value is -1.84. The normalized spacial score (nSPS) is 12.9. The molecule has 2 rings (SSSR count). The summed E-state index contributed by atoms with van der Waals surface area (Å²) >= 11 is 14.5. The Kier molecular flexibility index (Phi) is 14.2. The summed E-state index contributed by atoms with van der Waals surface area (Å²) < 4.78 is 0.965. The van der Waals surface area contributed by atoms with Crippen LogP contribution in [0, 0.1) is 0 Å². The van der Waals surface area contributed by atoms with Crippen LogP contribution in [-0.4, -0.2) is 57.7 Å². The van der Waals surface area contributed by atoms with Crippen molar-refractivity contribution in [1.29, 1.82) is 0 Å². The Morgan fingerprint density at radius 1 is 0.647 bits per heavy atom. The molecule has 2 aromatic carbocycles. The first-order valence-electron chi connectivity index (χ1n) is 10.9. The molecule has 0 aliphatic carbocycles. The molecule has 34 heavy (non-hydrogen) atoms. The van der Waals surface area contributed by atoms with E-state index < -0.39 is 0 Å². The quantitative estimate of drug-likeness (QED) is 0.132. The van der Waals surface area contributed by atoms with E-state index in [1.54, 1.807) is 0 Å². The molecule has 0 unspecified atom stereocenters. The summed E-state index contributed by atoms with van der Waals surface area (Å²) in [7, 11) is 0. The smallest absolute Gasteiger partial charge is 0.741 e. The maximum Gasteiger partial charge on any atom is 2.00 e. The first-order valence-corrected chi connectivity index (χ1v) is 12.5. The van der Waals surface area contributed by atoms with E-state index in [0.29, 0.717) is 21.8 Å². The van der Waals surface area contributed by atoms with Crippen LogP contribution in [0.5, 0.6) is 0 Å². The molecule has 0 atom stereocenters. The molecule has 10 heteroatoms. The molecule has 0 saturated carbocycles. The average molecular weight is 609 g/mol. The number of halogens is 1. The molecule has 0 saturated heterocycles. The minimum atomic E-state index is 0. The van der Waals surface area contributed by atoms with Gasteiger partial charge in [0.25, 0.3) is 0 Å². The predicted octanol–water partition coefficient (Wildman–Crippen LogP) is 5.04. The number of hydrogen-bond acceptors (Lipinski definition) is 6. The Bertz CT molecular complexity index is 1000. The van der Waals surface area contributed by atoms with Crippen LogP contribution < -0.4 is 0 Å². The van der Waals surface area contributed by atoms with Crippen molar-refractivity contribution in [3.05, 3.63) is 70.2 Å². The molecule has 0 fully saturated rings. The fraction of sp³-hybridized carbons (Fsp3) is 0.333. The first-order chi connectivity index (χ1) is 15.9. The van der Waals surface area contributed by atoms with Crippen LogP contribution in [0.25, 0.3) is 0 Å². The summed E-state index contributed by atoms with van der Waals surface area (Å²) in [5, 5.41) is 18.8. The van der Waals surface area contributed by atoms with Crippen molar-refractivity contribution < 1.29 is 17.1 Å². The summed E-state index contributed by atoms with van der Waals surface area (Å²) in [5.74, 6) is 0. The van der Waals surface area contributed by atoms with E-state index in [1.165, 1.54) is 0 Å². The second-order valence-electron chi connectivity index (χ2n) is 6.88. The third-order valence-electron chi connectivity index (χ3n) is 4.93. The molecule has 6 nitrogen and oxygen atoms in total. The standard InChI is InChI=1S/C24H31BrN6S2.Cu/c1-5-30(6-2)23(32)28-26-21(18-12-10-9-11-13-18)22(19-14-16-20(25)17-15-19)27-29-24(33)31(7-3)8-4;/h9-17H,5-8H2,1-4H3,(H,28,32)(H,29,33);/q;+2/p-2/b26-21+,27-22+;. The molecule has 0 spiro atoms. The van der Waals surface area contributed by atoms with Gasteiger partial charge >= 0.3 is 17.1 Å². The zero-order chi connectivity index (χ0) is 24.2. The van der Waals surface area contributed by atoms with Gasteiger partial charge in [-0.1, -0.05) is 58.4 Å². The second-order valence-corrected chi connectivity index (χ2v) is 8.53. The fourth-order valence-electron chi connectivity index (χ4n) is 2.99. The van der Waals surface area contributed by atoms with E-state index in [-0.39, 0.29) is 17.1 Å². The van der Waals surface area contributed by atoms with Gasteiger partial charge in [-0.3, -0.25) is 0 Å². The van der Waals surface area contributed by atoms with Crippen LogP contribution in [0.4, 0.5) is 0 Å². The van der Waals surface area contributed by atoms with Crippen molar-refractivity contribution in [1.82, 2.24) is 9.80 Å². The fourth-order valence-corrected chi connectivity index (χ4v) is 3.85. The largest absolute Gasteiger partial charge is 2.00 e. The maximum absolute atomic E-state index is 5.49. The first kappa shape index (κ1) is 30.2. The van der Waals surface area contributed by atoms with E-state index in [4.69, 9.17) is 25.3 Å². The van der Waals surface area contributed by atoms with Crippen molar-refractivity contribution >= 4 is 62.9 Å². The van der Waals surface area contributed by atoms with Crippen LogP contribution in [0.1, 0.15) is 38.8 Å². The molecular formula is C24H29BrCuN6S2. The van der Waals surface area contributed by atoms with E-state index >= 15 is 0 Å². The molecule has 0 aromatic heterocycles. The number of rotatable bonds is 9. The Labute approximate surface area is 233 Å². The van der Waals surface area contributed by atoms with Crippen LogP contribution in [0.15, 0.2) is 79.5 Å². The number of nitrogens with zero attached hydrogens (tertiary/aromatic N) is 6. The second kappa shape index (κ2) is 15.9. The summed E-state index contributed by atoms with van der Waals surface area (Å²) in [6.07, 6.45) is 0. The van der Waals surface area contributed by atoms with Crippen molar-refractivity contribution in [2.24, 2.45) is 20.4 Å². The molecular weight excluding hydrogens is 580 g/mol. The zero-order valence-electron chi connectivity index (χ0n) is 19.7. The number of hydrogen-bond donors (Lipinski definition) is 0. The van der Waals surface area contributed by atoms with Crippen molar-refractivity contribution in [3.63, 3.8) is 0 Å². The van der Waals surface area contributed by atoms with Crippen molar-refractivity contribution in [2.75, 3.05) is 26.2 Å². The van der Waals surface area contributed by atoms with Gasteiger partial charge in [0.1, 0.15) is 11.4 Å². The Balaban J connectivity index is 0.00000578. The van der Waals surface area contributed by atoms with E-state index in [1.807, 2.05) is 92.1 Å². The maximum atomic E-state index is 5.49. The van der Waals surface area contributed by atoms with Gasteiger partial charge < -0.3 is 35.1 Å². The van der Waals surface area contributed by atoms with Gasteiger partial charge in [0.05, 0.1) is 0 Å². The molecule has 1 radical (unpaired) electrons. The molecule has 2 aromatic rings. The molecule has 0 aliphatic rings. The van der Waals surface area contributed by atoms with Gasteiger partial charge in [-0.05, 0) is 39.8 Å². The van der Waals surface area contributed by atoms with Crippen LogP contribution >= 0.6 is 15.9 Å². The summed E-state index contributed by atoms with van der Waals surface area (Å²) in [5.41, 5.74) is 2.83. The SMILES string of the molecule is CCN(CC)/C([S-])=N/N=C(/C(=N/N=C(\[S-])N(CC)CC)c1ccc(Br)cc1)c1ccccc1.[Cu+2]. The topological polar surface area (TPSA) is 55.9 Å². The van der Waals surface area contributed by atoms with E-state index in [9.17, 15) is 0 Å². The van der Waals surface area contributed by atoms with Gasteiger partial charge in [-0.25, -0.2) is 0 Å². The van der Waals surface area contributed by atoms with Gasteiger partial charge in [0.15, 0.2) is 0 Å². The molecule has 0 N–H and O–H groups in total. The molecule has 0 heterocycles. The van der Waals surface area contributed by atoms with Gasteiger partial charge in [0.2, 0.25) is 0 Å². The van der Waals surface area contributed by atoms with E-state index in [0.717, 1.165) is 41.8 Å². The average Bonchev–Trinajstić information content (AvgIpc) is 2.84. The third kappa shape index (κ3) is 8.74. The number of amidine groups is 2. The van der Waals surface area contributed by atoms with Crippen molar-refractivity contribution in [3.8, 4) is 0 Å². The Morgan fingerprint density at radius 2 is 1.03 bits per heavy atom. The van der Waals surface area contributed by atoms with Crippen molar-refractivity contribution in [2.45, 2.75) is 27.7 Å².